The Morgan fingerprint density at radius 1 is 0.685 bits per heavy atom. The molecule has 0 radical (unpaired) electrons. The highest BCUT2D eigenvalue weighted by molar-refractivity contribution is 7.88. The number of likely N-dealkylation sites (tertiary alicyclic amines) is 2. The standard InChI is InChI=1S/C36H50F2N6O8S2/c1-53(47,48)43-19-31(51-21-23-7-11-25(37)12-8-23)33-29(43)15-17-41(33)35(45)27(39)5-3-4-6-28(40)36(46)42-18-16-30-34(42)32(20-44(30)54(2,49)50)52-22-24-9-13-26(38)14-10-24/h7-14,27-34H,3-6,15-22,39-40H2,1-2H3/t27-,28?,29+,30+,31-,32-,33-,34?/m0/s1. The third-order valence-electron chi connectivity index (χ3n) is 11.1. The quantitative estimate of drug-likeness (QED) is 0.248. The maximum atomic E-state index is 13.7. The molecule has 2 amide bonds. The molecular formula is C36H50F2N6O8S2. The summed E-state index contributed by atoms with van der Waals surface area (Å²) in [5, 5.41) is 0. The summed E-state index contributed by atoms with van der Waals surface area (Å²) in [5.74, 6) is -1.37. The first kappa shape index (κ1) is 40.6. The third-order valence-corrected chi connectivity index (χ3v) is 13.7. The molecule has 6 rings (SSSR count). The molecule has 0 aliphatic carbocycles. The Labute approximate surface area is 315 Å². The van der Waals surface area contributed by atoms with Gasteiger partial charge in [0.1, 0.15) is 11.6 Å². The molecule has 0 aromatic heterocycles. The van der Waals surface area contributed by atoms with E-state index in [0.717, 1.165) is 12.5 Å². The van der Waals surface area contributed by atoms with Crippen molar-refractivity contribution in [2.45, 2.75) is 100 Å². The minimum Gasteiger partial charge on any atom is -0.370 e. The highest BCUT2D eigenvalue weighted by Gasteiger charge is 2.55. The molecule has 4 heterocycles. The van der Waals surface area contributed by atoms with Crippen molar-refractivity contribution >= 4 is 31.9 Å². The lowest BCUT2D eigenvalue weighted by Gasteiger charge is -2.31. The lowest BCUT2D eigenvalue weighted by molar-refractivity contribution is -0.137. The summed E-state index contributed by atoms with van der Waals surface area (Å²) in [5.41, 5.74) is 14.3. The zero-order valence-corrected chi connectivity index (χ0v) is 32.1. The lowest BCUT2D eigenvalue weighted by atomic mass is 10.0. The van der Waals surface area contributed by atoms with Gasteiger partial charge in [-0.15, -0.1) is 0 Å². The van der Waals surface area contributed by atoms with E-state index in [1.165, 1.54) is 32.9 Å². The largest absolute Gasteiger partial charge is 0.370 e. The summed E-state index contributed by atoms with van der Waals surface area (Å²) in [6, 6.07) is 8.00. The predicted octanol–water partition coefficient (Wildman–Crippen LogP) is 1.14. The summed E-state index contributed by atoms with van der Waals surface area (Å²) in [6.07, 6.45) is 3.63. The molecule has 2 aromatic carbocycles. The Kier molecular flexibility index (Phi) is 12.4. The van der Waals surface area contributed by atoms with Crippen molar-refractivity contribution in [2.24, 2.45) is 11.5 Å². The van der Waals surface area contributed by atoms with Gasteiger partial charge in [0.15, 0.2) is 0 Å². The van der Waals surface area contributed by atoms with Crippen LogP contribution in [0.1, 0.15) is 49.7 Å². The summed E-state index contributed by atoms with van der Waals surface area (Å²) >= 11 is 0. The topological polar surface area (TPSA) is 186 Å². The van der Waals surface area contributed by atoms with Gasteiger partial charge in [0.05, 0.1) is 62.1 Å². The molecule has 18 heteroatoms. The Bertz CT molecular complexity index is 1740. The number of amides is 2. The number of sulfonamides is 2. The molecule has 0 bridgehead atoms. The second-order valence-corrected chi connectivity index (χ2v) is 18.7. The van der Waals surface area contributed by atoms with Gasteiger partial charge >= 0.3 is 0 Å². The van der Waals surface area contributed by atoms with Crippen LogP contribution in [0.5, 0.6) is 0 Å². The zero-order chi connectivity index (χ0) is 38.9. The summed E-state index contributed by atoms with van der Waals surface area (Å²) < 4.78 is 92.4. The van der Waals surface area contributed by atoms with E-state index in [1.807, 2.05) is 0 Å². The number of carbonyl (C=O) groups excluding carboxylic acids is 2. The number of nitrogens with two attached hydrogens (primary N) is 2. The maximum absolute atomic E-state index is 13.7. The zero-order valence-electron chi connectivity index (χ0n) is 30.5. The van der Waals surface area contributed by atoms with E-state index in [0.29, 0.717) is 62.7 Å². The second kappa shape index (κ2) is 16.6. The molecule has 4 fully saturated rings. The molecular weight excluding hydrogens is 747 g/mol. The number of hydrogen-bond acceptors (Lipinski definition) is 10. The van der Waals surface area contributed by atoms with E-state index < -0.39 is 68.5 Å². The van der Waals surface area contributed by atoms with Crippen LogP contribution in [0.25, 0.3) is 0 Å². The van der Waals surface area contributed by atoms with Gasteiger partial charge in [0.25, 0.3) is 0 Å². The van der Waals surface area contributed by atoms with Gasteiger partial charge in [-0.25, -0.2) is 25.6 Å². The van der Waals surface area contributed by atoms with Crippen molar-refractivity contribution in [3.05, 3.63) is 71.3 Å². The molecule has 14 nitrogen and oxygen atoms in total. The number of rotatable bonds is 15. The summed E-state index contributed by atoms with van der Waals surface area (Å²) in [7, 11) is -7.15. The summed E-state index contributed by atoms with van der Waals surface area (Å²) in [4.78, 5) is 30.6. The van der Waals surface area contributed by atoms with Crippen molar-refractivity contribution in [1.29, 1.82) is 0 Å². The van der Waals surface area contributed by atoms with E-state index in [1.54, 1.807) is 34.1 Å². The SMILES string of the molecule is CS(=O)(=O)N1C[C@H](OCc2ccc(F)cc2)C2[C@H]1CCN2C(=O)C(N)CCCC[C@H](N)C(=O)N1CC[C@@H]2[C@H]1[C@@H](OCc1ccc(F)cc1)CN2S(C)(=O)=O. The molecule has 4 saturated heterocycles. The summed E-state index contributed by atoms with van der Waals surface area (Å²) in [6.45, 7) is 1.08. The van der Waals surface area contributed by atoms with E-state index in [9.17, 15) is 35.2 Å². The van der Waals surface area contributed by atoms with Crippen molar-refractivity contribution in [3.8, 4) is 0 Å². The van der Waals surface area contributed by atoms with Crippen molar-refractivity contribution in [3.63, 3.8) is 0 Å². The molecule has 4 aliphatic heterocycles. The van der Waals surface area contributed by atoms with Crippen LogP contribution in [-0.4, -0.2) is 134 Å². The number of carbonyl (C=O) groups is 2. The van der Waals surface area contributed by atoms with Gasteiger partial charge in [-0.3, -0.25) is 9.59 Å². The van der Waals surface area contributed by atoms with Crippen LogP contribution in [-0.2, 0) is 52.3 Å². The van der Waals surface area contributed by atoms with Gasteiger partial charge in [-0.2, -0.15) is 8.61 Å². The fraction of sp³-hybridized carbons (Fsp3) is 0.611. The van der Waals surface area contributed by atoms with Crippen LogP contribution >= 0.6 is 0 Å². The first-order valence-electron chi connectivity index (χ1n) is 18.3. The molecule has 54 heavy (non-hydrogen) atoms. The van der Waals surface area contributed by atoms with Crippen LogP contribution in [0, 0.1) is 11.6 Å². The monoisotopic (exact) mass is 796 g/mol. The molecule has 8 atom stereocenters. The maximum Gasteiger partial charge on any atom is 0.239 e. The van der Waals surface area contributed by atoms with Gasteiger partial charge in [-0.05, 0) is 61.1 Å². The average Bonchev–Trinajstić information content (AvgIpc) is 3.90. The first-order valence-corrected chi connectivity index (χ1v) is 22.0. The first-order chi connectivity index (χ1) is 25.5. The minimum absolute atomic E-state index is 0.0896. The van der Waals surface area contributed by atoms with Gasteiger partial charge in [0, 0.05) is 38.3 Å². The fourth-order valence-electron chi connectivity index (χ4n) is 8.51. The molecule has 2 unspecified atom stereocenters. The molecule has 2 aromatic rings. The van der Waals surface area contributed by atoms with Gasteiger partial charge in [0.2, 0.25) is 31.9 Å². The average molecular weight is 797 g/mol. The molecule has 298 valence electrons. The number of unbranched alkanes of at least 4 members (excludes halogenated alkanes) is 1. The van der Waals surface area contributed by atoms with E-state index in [4.69, 9.17) is 20.9 Å². The number of ether oxygens (including phenoxy) is 2. The second-order valence-electron chi connectivity index (χ2n) is 14.9. The predicted molar refractivity (Wildman–Crippen MR) is 195 cm³/mol. The molecule has 0 saturated carbocycles. The van der Waals surface area contributed by atoms with Crippen LogP contribution < -0.4 is 11.5 Å². The number of fused-ring (bicyclic) bond motifs is 2. The van der Waals surface area contributed by atoms with E-state index >= 15 is 0 Å². The Hall–Kier alpha value is -3.10. The van der Waals surface area contributed by atoms with Crippen LogP contribution in [0.15, 0.2) is 48.5 Å². The Morgan fingerprint density at radius 3 is 1.37 bits per heavy atom. The number of halogens is 2. The fourth-order valence-corrected chi connectivity index (χ4v) is 10.8. The number of nitrogens with zero attached hydrogens (tertiary/aromatic N) is 4. The third kappa shape index (κ3) is 8.96. The number of hydrogen-bond donors (Lipinski definition) is 2. The lowest BCUT2D eigenvalue weighted by Crippen LogP contribution is -2.51. The van der Waals surface area contributed by atoms with E-state index in [-0.39, 0.29) is 49.8 Å². The van der Waals surface area contributed by atoms with Crippen LogP contribution in [0.4, 0.5) is 8.78 Å². The Balaban J connectivity index is 1.02. The minimum atomic E-state index is -3.58. The van der Waals surface area contributed by atoms with Crippen LogP contribution in [0.3, 0.4) is 0 Å². The van der Waals surface area contributed by atoms with E-state index in [2.05, 4.69) is 0 Å². The smallest absolute Gasteiger partial charge is 0.239 e. The van der Waals surface area contributed by atoms with Crippen molar-refractivity contribution < 1.29 is 44.7 Å². The van der Waals surface area contributed by atoms with Gasteiger partial charge < -0.3 is 30.7 Å². The van der Waals surface area contributed by atoms with Crippen molar-refractivity contribution in [1.82, 2.24) is 18.4 Å². The normalized spacial score (nSPS) is 27.3. The highest BCUT2D eigenvalue weighted by Crippen LogP contribution is 2.37. The number of benzene rings is 2. The Morgan fingerprint density at radius 2 is 1.04 bits per heavy atom. The molecule has 0 spiro atoms. The van der Waals surface area contributed by atoms with Crippen molar-refractivity contribution in [2.75, 3.05) is 38.7 Å². The molecule has 4 N–H and O–H groups in total. The van der Waals surface area contributed by atoms with Crippen LogP contribution in [0.2, 0.25) is 0 Å². The highest BCUT2D eigenvalue weighted by atomic mass is 32.2. The van der Waals surface area contributed by atoms with Gasteiger partial charge in [-0.1, -0.05) is 37.1 Å². The molecule has 4 aliphatic rings.